The second kappa shape index (κ2) is 6.95. The summed E-state index contributed by atoms with van der Waals surface area (Å²) in [5.74, 6) is 1.55. The van der Waals surface area contributed by atoms with Gasteiger partial charge in [0.1, 0.15) is 0 Å². The zero-order chi connectivity index (χ0) is 14.5. The molecule has 0 aromatic heterocycles. The smallest absolute Gasteiger partial charge is 0.220 e. The predicted octanol–water partition coefficient (Wildman–Crippen LogP) is 1.83. The fraction of sp³-hybridized carbons (Fsp3) is 0.500. The molecule has 1 aromatic carbocycles. The Morgan fingerprint density at radius 1 is 1.35 bits per heavy atom. The van der Waals surface area contributed by atoms with Crippen molar-refractivity contribution in [1.29, 1.82) is 0 Å². The van der Waals surface area contributed by atoms with Crippen LogP contribution in [0.1, 0.15) is 18.4 Å². The highest BCUT2D eigenvalue weighted by Gasteiger charge is 2.20. The number of ether oxygens (including phenoxy) is 2. The molecule has 1 amide bonds. The van der Waals surface area contributed by atoms with E-state index in [1.807, 2.05) is 12.1 Å². The van der Waals surface area contributed by atoms with Crippen LogP contribution >= 0.6 is 15.9 Å². The number of methoxy groups -OCH3 is 2. The lowest BCUT2D eigenvalue weighted by atomic mass is 10.2. The maximum atomic E-state index is 11.1. The summed E-state index contributed by atoms with van der Waals surface area (Å²) in [5.41, 5.74) is 1.09. The molecule has 1 fully saturated rings. The highest BCUT2D eigenvalue weighted by Crippen LogP contribution is 2.33. The Balaban J connectivity index is 1.93. The van der Waals surface area contributed by atoms with Crippen molar-refractivity contribution in [3.8, 4) is 11.5 Å². The van der Waals surface area contributed by atoms with Crippen LogP contribution in [0.2, 0.25) is 0 Å². The Morgan fingerprint density at radius 3 is 2.65 bits per heavy atom. The average Bonchev–Trinajstić information content (AvgIpc) is 2.85. The molecule has 1 heterocycles. The third-order valence-electron chi connectivity index (χ3n) is 3.34. The molecular formula is C14H19BrN2O3. The lowest BCUT2D eigenvalue weighted by Gasteiger charge is -2.14. The SMILES string of the molecule is COc1cc(Br)c(CNCC2CCC(=O)N2)cc1OC. The Morgan fingerprint density at radius 2 is 2.05 bits per heavy atom. The maximum Gasteiger partial charge on any atom is 0.220 e. The third-order valence-corrected chi connectivity index (χ3v) is 4.08. The molecule has 1 atom stereocenters. The van der Waals surface area contributed by atoms with Crippen molar-refractivity contribution in [3.05, 3.63) is 22.2 Å². The molecular weight excluding hydrogens is 324 g/mol. The van der Waals surface area contributed by atoms with E-state index in [0.717, 1.165) is 23.0 Å². The van der Waals surface area contributed by atoms with Crippen LogP contribution in [0.5, 0.6) is 11.5 Å². The van der Waals surface area contributed by atoms with E-state index in [2.05, 4.69) is 26.6 Å². The second-order valence-corrected chi connectivity index (χ2v) is 5.59. The van der Waals surface area contributed by atoms with Gasteiger partial charge in [0, 0.05) is 30.0 Å². The van der Waals surface area contributed by atoms with Gasteiger partial charge in [0.15, 0.2) is 11.5 Å². The lowest BCUT2D eigenvalue weighted by molar-refractivity contribution is -0.119. The first kappa shape index (κ1) is 15.1. The summed E-state index contributed by atoms with van der Waals surface area (Å²) in [7, 11) is 3.24. The van der Waals surface area contributed by atoms with Crippen LogP contribution in [0.3, 0.4) is 0 Å². The van der Waals surface area contributed by atoms with Gasteiger partial charge in [0.05, 0.1) is 14.2 Å². The van der Waals surface area contributed by atoms with Crippen LogP contribution in [0.25, 0.3) is 0 Å². The van der Waals surface area contributed by atoms with Crippen molar-refractivity contribution in [1.82, 2.24) is 10.6 Å². The standard InChI is InChI=1S/C14H19BrN2O3/c1-19-12-5-9(11(15)6-13(12)20-2)7-16-8-10-3-4-14(18)17-10/h5-6,10,16H,3-4,7-8H2,1-2H3,(H,17,18). The molecule has 6 heteroatoms. The molecule has 0 bridgehead atoms. The van der Waals surface area contributed by atoms with Crippen LogP contribution in [0.4, 0.5) is 0 Å². The molecule has 1 aromatic rings. The first-order valence-electron chi connectivity index (χ1n) is 6.54. The summed E-state index contributed by atoms with van der Waals surface area (Å²) in [6.07, 6.45) is 1.53. The Labute approximate surface area is 127 Å². The fourth-order valence-electron chi connectivity index (χ4n) is 2.24. The minimum atomic E-state index is 0.143. The number of carbonyl (C=O) groups excluding carboxylic acids is 1. The van der Waals surface area contributed by atoms with Crippen molar-refractivity contribution in [2.45, 2.75) is 25.4 Å². The molecule has 1 aliphatic rings. The van der Waals surface area contributed by atoms with Crippen molar-refractivity contribution >= 4 is 21.8 Å². The minimum absolute atomic E-state index is 0.143. The summed E-state index contributed by atoms with van der Waals surface area (Å²) >= 11 is 3.53. The minimum Gasteiger partial charge on any atom is -0.493 e. The van der Waals surface area contributed by atoms with Crippen LogP contribution in [0.15, 0.2) is 16.6 Å². The van der Waals surface area contributed by atoms with E-state index in [0.29, 0.717) is 24.5 Å². The summed E-state index contributed by atoms with van der Waals surface area (Å²) in [6, 6.07) is 4.08. The van der Waals surface area contributed by atoms with Gasteiger partial charge in [0.25, 0.3) is 0 Å². The molecule has 1 saturated heterocycles. The number of hydrogen-bond donors (Lipinski definition) is 2. The van der Waals surface area contributed by atoms with E-state index < -0.39 is 0 Å². The zero-order valence-electron chi connectivity index (χ0n) is 11.7. The van der Waals surface area contributed by atoms with Gasteiger partial charge in [0.2, 0.25) is 5.91 Å². The molecule has 0 aliphatic carbocycles. The molecule has 2 rings (SSSR count). The molecule has 0 spiro atoms. The van der Waals surface area contributed by atoms with E-state index in [1.54, 1.807) is 14.2 Å². The van der Waals surface area contributed by atoms with Crippen LogP contribution in [0, 0.1) is 0 Å². The summed E-state index contributed by atoms with van der Waals surface area (Å²) in [6.45, 7) is 1.47. The van der Waals surface area contributed by atoms with Crippen LogP contribution in [-0.4, -0.2) is 32.7 Å². The predicted molar refractivity (Wildman–Crippen MR) is 80.1 cm³/mol. The fourth-order valence-corrected chi connectivity index (χ4v) is 2.71. The first-order valence-corrected chi connectivity index (χ1v) is 7.33. The van der Waals surface area contributed by atoms with Crippen molar-refractivity contribution < 1.29 is 14.3 Å². The second-order valence-electron chi connectivity index (χ2n) is 4.73. The molecule has 0 radical (unpaired) electrons. The Hall–Kier alpha value is -1.27. The van der Waals surface area contributed by atoms with Crippen LogP contribution < -0.4 is 20.1 Å². The maximum absolute atomic E-state index is 11.1. The van der Waals surface area contributed by atoms with E-state index in [-0.39, 0.29) is 11.9 Å². The Kier molecular flexibility index (Phi) is 5.25. The molecule has 0 saturated carbocycles. The van der Waals surface area contributed by atoms with Gasteiger partial charge in [-0.25, -0.2) is 0 Å². The van der Waals surface area contributed by atoms with Crippen molar-refractivity contribution in [2.24, 2.45) is 0 Å². The molecule has 1 unspecified atom stereocenters. The first-order chi connectivity index (χ1) is 9.63. The van der Waals surface area contributed by atoms with E-state index in [4.69, 9.17) is 9.47 Å². The number of nitrogens with one attached hydrogen (secondary N) is 2. The number of carbonyl (C=O) groups is 1. The molecule has 5 nitrogen and oxygen atoms in total. The van der Waals surface area contributed by atoms with Gasteiger partial charge < -0.3 is 20.1 Å². The average molecular weight is 343 g/mol. The quantitative estimate of drug-likeness (QED) is 0.828. The number of amides is 1. The number of benzene rings is 1. The van der Waals surface area contributed by atoms with E-state index in [9.17, 15) is 4.79 Å². The summed E-state index contributed by atoms with van der Waals surface area (Å²) in [4.78, 5) is 11.1. The molecule has 110 valence electrons. The normalized spacial score (nSPS) is 17.9. The highest BCUT2D eigenvalue weighted by atomic mass is 79.9. The molecule has 1 aliphatic heterocycles. The van der Waals surface area contributed by atoms with Gasteiger partial charge in [-0.3, -0.25) is 4.79 Å². The number of rotatable bonds is 6. The van der Waals surface area contributed by atoms with E-state index >= 15 is 0 Å². The topological polar surface area (TPSA) is 59.6 Å². The molecule has 20 heavy (non-hydrogen) atoms. The highest BCUT2D eigenvalue weighted by molar-refractivity contribution is 9.10. The van der Waals surface area contributed by atoms with Gasteiger partial charge in [-0.15, -0.1) is 0 Å². The lowest BCUT2D eigenvalue weighted by Crippen LogP contribution is -2.35. The monoisotopic (exact) mass is 342 g/mol. The zero-order valence-corrected chi connectivity index (χ0v) is 13.2. The Bertz CT molecular complexity index is 494. The van der Waals surface area contributed by atoms with Gasteiger partial charge in [-0.2, -0.15) is 0 Å². The molecule has 2 N–H and O–H groups in total. The third kappa shape index (κ3) is 3.64. The van der Waals surface area contributed by atoms with Crippen molar-refractivity contribution in [3.63, 3.8) is 0 Å². The summed E-state index contributed by atoms with van der Waals surface area (Å²) in [5, 5.41) is 6.29. The van der Waals surface area contributed by atoms with Gasteiger partial charge >= 0.3 is 0 Å². The van der Waals surface area contributed by atoms with Crippen molar-refractivity contribution in [2.75, 3.05) is 20.8 Å². The van der Waals surface area contributed by atoms with Gasteiger partial charge in [-0.05, 0) is 24.1 Å². The number of hydrogen-bond acceptors (Lipinski definition) is 4. The largest absolute Gasteiger partial charge is 0.493 e. The number of halogens is 1. The van der Waals surface area contributed by atoms with E-state index in [1.165, 1.54) is 0 Å². The van der Waals surface area contributed by atoms with Crippen LogP contribution in [-0.2, 0) is 11.3 Å². The summed E-state index contributed by atoms with van der Waals surface area (Å²) < 4.78 is 11.5. The van der Waals surface area contributed by atoms with Gasteiger partial charge in [-0.1, -0.05) is 15.9 Å².